The molecule has 1 fully saturated rings. The first-order valence-electron chi connectivity index (χ1n) is 7.44. The second-order valence-electron chi connectivity index (χ2n) is 5.47. The van der Waals surface area contributed by atoms with E-state index in [0.717, 1.165) is 12.8 Å². The predicted octanol–water partition coefficient (Wildman–Crippen LogP) is 1.18. The topological polar surface area (TPSA) is 72.7 Å². The lowest BCUT2D eigenvalue weighted by molar-refractivity contribution is -0.0952. The van der Waals surface area contributed by atoms with E-state index in [-0.39, 0.29) is 6.04 Å². The second kappa shape index (κ2) is 8.86. The van der Waals surface area contributed by atoms with Crippen LogP contribution in [0.2, 0.25) is 0 Å². The highest BCUT2D eigenvalue weighted by atomic mass is 16.4. The van der Waals surface area contributed by atoms with Crippen molar-refractivity contribution in [3.05, 3.63) is 0 Å². The van der Waals surface area contributed by atoms with Gasteiger partial charge in [-0.3, -0.25) is 0 Å². The highest BCUT2D eigenvalue weighted by Crippen LogP contribution is 2.16. The average Bonchev–Trinajstić information content (AvgIpc) is 2.37. The Kier molecular flexibility index (Phi) is 7.82. The minimum absolute atomic E-state index is 0.0703. The lowest BCUT2D eigenvalue weighted by atomic mass is 9.92. The van der Waals surface area contributed by atoms with E-state index < -0.39 is 18.3 Å². The molecule has 1 aliphatic rings. The van der Waals surface area contributed by atoms with Crippen molar-refractivity contribution in [1.29, 1.82) is 0 Å². The molecular formula is C14H29NO3. The van der Waals surface area contributed by atoms with E-state index >= 15 is 0 Å². The van der Waals surface area contributed by atoms with Gasteiger partial charge in [-0.15, -0.1) is 0 Å². The molecule has 0 amide bonds. The number of piperidine rings is 1. The summed E-state index contributed by atoms with van der Waals surface area (Å²) in [4.78, 5) is 0. The third-order valence-corrected chi connectivity index (χ3v) is 3.86. The van der Waals surface area contributed by atoms with Crippen molar-refractivity contribution in [3.8, 4) is 0 Å². The standard InChI is InChI=1S/C14H29NO3/c1-2-3-4-5-6-7-8-9-11-13(17)14(18)12(16)10-15-11/h11-18H,2-10H2,1H3/t11?,12-,13+,14+/m1/s1. The Labute approximate surface area is 110 Å². The molecule has 0 aromatic rings. The van der Waals surface area contributed by atoms with E-state index in [4.69, 9.17) is 0 Å². The van der Waals surface area contributed by atoms with Gasteiger partial charge in [-0.1, -0.05) is 51.9 Å². The molecule has 0 saturated carbocycles. The monoisotopic (exact) mass is 259 g/mol. The smallest absolute Gasteiger partial charge is 0.108 e. The summed E-state index contributed by atoms with van der Waals surface area (Å²) in [5.74, 6) is 0. The number of aliphatic hydroxyl groups is 3. The van der Waals surface area contributed by atoms with Crippen LogP contribution >= 0.6 is 0 Å². The molecule has 0 radical (unpaired) electrons. The van der Waals surface area contributed by atoms with E-state index in [1.54, 1.807) is 0 Å². The number of rotatable bonds is 8. The third-order valence-electron chi connectivity index (χ3n) is 3.86. The van der Waals surface area contributed by atoms with Crippen molar-refractivity contribution in [3.63, 3.8) is 0 Å². The summed E-state index contributed by atoms with van der Waals surface area (Å²) in [6.07, 6.45) is 6.94. The fourth-order valence-electron chi connectivity index (χ4n) is 2.57. The van der Waals surface area contributed by atoms with E-state index in [1.807, 2.05) is 0 Å². The van der Waals surface area contributed by atoms with Crippen LogP contribution in [-0.4, -0.2) is 46.2 Å². The van der Waals surface area contributed by atoms with Crippen LogP contribution in [0.5, 0.6) is 0 Å². The van der Waals surface area contributed by atoms with Gasteiger partial charge in [0.25, 0.3) is 0 Å². The first-order chi connectivity index (χ1) is 8.66. The van der Waals surface area contributed by atoms with Crippen molar-refractivity contribution in [2.45, 2.75) is 82.6 Å². The molecule has 0 spiro atoms. The van der Waals surface area contributed by atoms with Gasteiger partial charge in [0.1, 0.15) is 6.10 Å². The summed E-state index contributed by atoms with van der Waals surface area (Å²) in [6, 6.07) is -0.0703. The van der Waals surface area contributed by atoms with E-state index in [1.165, 1.54) is 38.5 Å². The summed E-state index contributed by atoms with van der Waals surface area (Å²) >= 11 is 0. The van der Waals surface area contributed by atoms with Gasteiger partial charge >= 0.3 is 0 Å². The Balaban J connectivity index is 2.05. The maximum Gasteiger partial charge on any atom is 0.108 e. The van der Waals surface area contributed by atoms with Crippen LogP contribution in [0.1, 0.15) is 58.3 Å². The van der Waals surface area contributed by atoms with Crippen molar-refractivity contribution in [1.82, 2.24) is 5.32 Å². The number of hydrogen-bond donors (Lipinski definition) is 4. The molecule has 18 heavy (non-hydrogen) atoms. The first-order valence-corrected chi connectivity index (χ1v) is 7.44. The zero-order chi connectivity index (χ0) is 13.4. The zero-order valence-electron chi connectivity index (χ0n) is 11.5. The van der Waals surface area contributed by atoms with Gasteiger partial charge in [0.15, 0.2) is 0 Å². The van der Waals surface area contributed by atoms with Gasteiger partial charge in [-0.25, -0.2) is 0 Å². The minimum Gasteiger partial charge on any atom is -0.389 e. The first kappa shape index (κ1) is 15.9. The number of nitrogens with one attached hydrogen (secondary N) is 1. The molecule has 1 saturated heterocycles. The van der Waals surface area contributed by atoms with Crippen molar-refractivity contribution < 1.29 is 15.3 Å². The molecule has 1 heterocycles. The van der Waals surface area contributed by atoms with Gasteiger partial charge in [-0.05, 0) is 6.42 Å². The lowest BCUT2D eigenvalue weighted by Gasteiger charge is -2.36. The summed E-state index contributed by atoms with van der Waals surface area (Å²) < 4.78 is 0. The fourth-order valence-corrected chi connectivity index (χ4v) is 2.57. The fraction of sp³-hybridized carbons (Fsp3) is 1.00. The lowest BCUT2D eigenvalue weighted by Crippen LogP contribution is -2.59. The van der Waals surface area contributed by atoms with Crippen LogP contribution in [-0.2, 0) is 0 Å². The van der Waals surface area contributed by atoms with Crippen LogP contribution in [0.4, 0.5) is 0 Å². The van der Waals surface area contributed by atoms with E-state index in [9.17, 15) is 15.3 Å². The zero-order valence-corrected chi connectivity index (χ0v) is 11.5. The molecule has 1 unspecified atom stereocenters. The Bertz CT molecular complexity index is 213. The van der Waals surface area contributed by atoms with Crippen LogP contribution < -0.4 is 5.32 Å². The highest BCUT2D eigenvalue weighted by Gasteiger charge is 2.35. The Morgan fingerprint density at radius 3 is 2.17 bits per heavy atom. The summed E-state index contributed by atoms with van der Waals surface area (Å²) in [5.41, 5.74) is 0. The Morgan fingerprint density at radius 1 is 0.889 bits per heavy atom. The molecular weight excluding hydrogens is 230 g/mol. The summed E-state index contributed by atoms with van der Waals surface area (Å²) in [7, 11) is 0. The second-order valence-corrected chi connectivity index (χ2v) is 5.47. The molecule has 0 bridgehead atoms. The van der Waals surface area contributed by atoms with Gasteiger partial charge in [0.05, 0.1) is 12.2 Å². The number of aliphatic hydroxyl groups excluding tert-OH is 3. The van der Waals surface area contributed by atoms with Gasteiger partial charge < -0.3 is 20.6 Å². The Hall–Kier alpha value is -0.160. The normalized spacial score (nSPS) is 32.7. The van der Waals surface area contributed by atoms with Crippen LogP contribution in [0.3, 0.4) is 0 Å². The van der Waals surface area contributed by atoms with Crippen LogP contribution in [0.15, 0.2) is 0 Å². The van der Waals surface area contributed by atoms with Crippen LogP contribution in [0.25, 0.3) is 0 Å². The van der Waals surface area contributed by atoms with Crippen molar-refractivity contribution >= 4 is 0 Å². The predicted molar refractivity (Wildman–Crippen MR) is 72.4 cm³/mol. The number of hydrogen-bond acceptors (Lipinski definition) is 4. The molecule has 0 aromatic carbocycles. The molecule has 1 rings (SSSR count). The third kappa shape index (κ3) is 5.22. The molecule has 4 heteroatoms. The van der Waals surface area contributed by atoms with Crippen molar-refractivity contribution in [2.75, 3.05) is 6.54 Å². The largest absolute Gasteiger partial charge is 0.389 e. The molecule has 0 aromatic heterocycles. The molecule has 108 valence electrons. The molecule has 4 nitrogen and oxygen atoms in total. The van der Waals surface area contributed by atoms with Gasteiger partial charge in [-0.2, -0.15) is 0 Å². The van der Waals surface area contributed by atoms with E-state index in [0.29, 0.717) is 6.54 Å². The van der Waals surface area contributed by atoms with E-state index in [2.05, 4.69) is 12.2 Å². The molecule has 0 aliphatic carbocycles. The van der Waals surface area contributed by atoms with Crippen LogP contribution in [0, 0.1) is 0 Å². The average molecular weight is 259 g/mol. The maximum atomic E-state index is 9.81. The highest BCUT2D eigenvalue weighted by molar-refractivity contribution is 4.91. The van der Waals surface area contributed by atoms with Gasteiger partial charge in [0, 0.05) is 12.6 Å². The summed E-state index contributed by atoms with van der Waals surface area (Å²) in [6.45, 7) is 2.59. The van der Waals surface area contributed by atoms with Gasteiger partial charge in [0.2, 0.25) is 0 Å². The SMILES string of the molecule is CCCCCCCCCC1NC[C@@H](O)[C@H](O)[C@H]1O. The Morgan fingerprint density at radius 2 is 1.50 bits per heavy atom. The van der Waals surface area contributed by atoms with Crippen molar-refractivity contribution in [2.24, 2.45) is 0 Å². The summed E-state index contributed by atoms with van der Waals surface area (Å²) in [5, 5.41) is 31.9. The quantitative estimate of drug-likeness (QED) is 0.494. The maximum absolute atomic E-state index is 9.81. The molecule has 4 atom stereocenters. The number of β-amino-alcohol motifs (C(OH)–C–C–N with tert-alkyl or cyclic N) is 1. The molecule has 1 aliphatic heterocycles. The molecule has 4 N–H and O–H groups in total. The minimum atomic E-state index is -0.999. The number of unbranched alkanes of at least 4 members (excludes halogenated alkanes) is 6.